The topological polar surface area (TPSA) is 114 Å². The van der Waals surface area contributed by atoms with E-state index in [1.165, 1.54) is 0 Å². The molecule has 1 unspecified atom stereocenters. The molecule has 2 aliphatic heterocycles. The van der Waals surface area contributed by atoms with Crippen molar-refractivity contribution in [2.75, 3.05) is 25.0 Å². The number of hydrogen-bond donors (Lipinski definition) is 2. The number of anilines is 1. The van der Waals surface area contributed by atoms with Crippen molar-refractivity contribution in [2.24, 2.45) is 0 Å². The van der Waals surface area contributed by atoms with E-state index >= 15 is 0 Å². The summed E-state index contributed by atoms with van der Waals surface area (Å²) in [5.41, 5.74) is 0.530. The molecule has 1 aromatic rings. The first-order valence-corrected chi connectivity index (χ1v) is 7.35. The third-order valence-corrected chi connectivity index (χ3v) is 3.57. The van der Waals surface area contributed by atoms with Gasteiger partial charge in [0.15, 0.2) is 12.7 Å². The molecular weight excluding hydrogens is 318 g/mol. The highest BCUT2D eigenvalue weighted by molar-refractivity contribution is 6.00. The molecular formula is C15H15N3O6. The molecule has 9 heteroatoms. The standard InChI is InChI=1S/C15H15N3O6/c19-12(18-6-5-16-15(18)22)8-23-13(20)7-11-14(21)17-9-3-1-2-4-10(9)24-11/h1-4,11H,5-8H2,(H,16,22)(H,17,21). The van der Waals surface area contributed by atoms with Gasteiger partial charge >= 0.3 is 12.0 Å². The number of fused-ring (bicyclic) bond motifs is 1. The fraction of sp³-hybridized carbons (Fsp3) is 0.333. The number of benzene rings is 1. The van der Waals surface area contributed by atoms with Gasteiger partial charge in [-0.05, 0) is 12.1 Å². The summed E-state index contributed by atoms with van der Waals surface area (Å²) in [4.78, 5) is 47.8. The summed E-state index contributed by atoms with van der Waals surface area (Å²) in [7, 11) is 0. The van der Waals surface area contributed by atoms with Gasteiger partial charge in [-0.3, -0.25) is 19.3 Å². The van der Waals surface area contributed by atoms with Crippen LogP contribution in [-0.4, -0.2) is 54.5 Å². The number of amides is 4. The maximum Gasteiger partial charge on any atom is 0.324 e. The summed E-state index contributed by atoms with van der Waals surface area (Å²) in [6.07, 6.45) is -1.36. The zero-order valence-corrected chi connectivity index (χ0v) is 12.6. The van der Waals surface area contributed by atoms with Crippen LogP contribution in [-0.2, 0) is 19.1 Å². The lowest BCUT2D eigenvalue weighted by molar-refractivity contribution is -0.153. The van der Waals surface area contributed by atoms with Gasteiger partial charge < -0.3 is 20.1 Å². The minimum Gasteiger partial charge on any atom is -0.478 e. The number of carbonyl (C=O) groups excluding carboxylic acids is 4. The zero-order chi connectivity index (χ0) is 17.1. The molecule has 0 radical (unpaired) electrons. The number of ether oxygens (including phenoxy) is 2. The van der Waals surface area contributed by atoms with E-state index in [-0.39, 0.29) is 13.0 Å². The summed E-state index contributed by atoms with van der Waals surface area (Å²) in [5.74, 6) is -1.38. The van der Waals surface area contributed by atoms with Crippen LogP contribution in [0.5, 0.6) is 5.75 Å². The van der Waals surface area contributed by atoms with Gasteiger partial charge in [-0.25, -0.2) is 4.79 Å². The van der Waals surface area contributed by atoms with E-state index < -0.39 is 36.5 Å². The minimum atomic E-state index is -1.03. The Hall–Kier alpha value is -3.10. The van der Waals surface area contributed by atoms with E-state index in [1.54, 1.807) is 24.3 Å². The molecule has 2 aliphatic rings. The summed E-state index contributed by atoms with van der Waals surface area (Å²) in [5, 5.41) is 5.10. The van der Waals surface area contributed by atoms with Crippen LogP contribution in [0, 0.1) is 0 Å². The van der Waals surface area contributed by atoms with Gasteiger partial charge in [-0.15, -0.1) is 0 Å². The van der Waals surface area contributed by atoms with Crippen molar-refractivity contribution in [1.82, 2.24) is 10.2 Å². The van der Waals surface area contributed by atoms with Gasteiger partial charge in [0.2, 0.25) is 0 Å². The average molecular weight is 333 g/mol. The number of hydrogen-bond acceptors (Lipinski definition) is 6. The Morgan fingerprint density at radius 2 is 2.08 bits per heavy atom. The summed E-state index contributed by atoms with van der Waals surface area (Å²) >= 11 is 0. The van der Waals surface area contributed by atoms with Crippen molar-refractivity contribution in [3.8, 4) is 5.75 Å². The van der Waals surface area contributed by atoms with Gasteiger partial charge in [0.25, 0.3) is 11.8 Å². The molecule has 24 heavy (non-hydrogen) atoms. The van der Waals surface area contributed by atoms with Gasteiger partial charge in [0.05, 0.1) is 12.1 Å². The number of urea groups is 1. The highest BCUT2D eigenvalue weighted by atomic mass is 16.5. The maximum atomic E-state index is 11.9. The van der Waals surface area contributed by atoms with Gasteiger partial charge in [0.1, 0.15) is 5.75 Å². The third-order valence-electron chi connectivity index (χ3n) is 3.57. The number of imide groups is 1. The fourth-order valence-corrected chi connectivity index (χ4v) is 2.37. The fourth-order valence-electron chi connectivity index (χ4n) is 2.37. The van der Waals surface area contributed by atoms with Gasteiger partial charge in [0, 0.05) is 13.1 Å². The normalized spacial score (nSPS) is 19.0. The van der Waals surface area contributed by atoms with Gasteiger partial charge in [-0.1, -0.05) is 12.1 Å². The quantitative estimate of drug-likeness (QED) is 0.742. The molecule has 0 bridgehead atoms. The van der Waals surface area contributed by atoms with Crippen molar-refractivity contribution in [3.63, 3.8) is 0 Å². The van der Waals surface area contributed by atoms with E-state index in [0.717, 1.165) is 4.90 Å². The van der Waals surface area contributed by atoms with Crippen LogP contribution in [0.15, 0.2) is 24.3 Å². The van der Waals surface area contributed by atoms with Crippen molar-refractivity contribution < 1.29 is 28.7 Å². The molecule has 2 heterocycles. The van der Waals surface area contributed by atoms with Crippen LogP contribution in [0.3, 0.4) is 0 Å². The third kappa shape index (κ3) is 3.29. The molecule has 0 aliphatic carbocycles. The number of carbonyl (C=O) groups is 4. The predicted octanol–water partition coefficient (Wildman–Crippen LogP) is -0.129. The Bertz CT molecular complexity index is 704. The molecule has 1 saturated heterocycles. The lowest BCUT2D eigenvalue weighted by Gasteiger charge is -2.25. The van der Waals surface area contributed by atoms with E-state index in [4.69, 9.17) is 9.47 Å². The molecule has 1 atom stereocenters. The molecule has 0 aromatic heterocycles. The second kappa shape index (κ2) is 6.57. The predicted molar refractivity (Wildman–Crippen MR) is 80.2 cm³/mol. The summed E-state index contributed by atoms with van der Waals surface area (Å²) < 4.78 is 10.3. The van der Waals surface area contributed by atoms with E-state index in [1.807, 2.05) is 0 Å². The van der Waals surface area contributed by atoms with E-state index in [2.05, 4.69) is 10.6 Å². The molecule has 0 saturated carbocycles. The molecule has 126 valence electrons. The Morgan fingerprint density at radius 3 is 2.83 bits per heavy atom. The van der Waals surface area contributed by atoms with Crippen molar-refractivity contribution in [3.05, 3.63) is 24.3 Å². The van der Waals surface area contributed by atoms with Crippen LogP contribution in [0.1, 0.15) is 6.42 Å². The van der Waals surface area contributed by atoms with Crippen LogP contribution >= 0.6 is 0 Å². The zero-order valence-electron chi connectivity index (χ0n) is 12.6. The summed E-state index contributed by atoms with van der Waals surface area (Å²) in [6.45, 7) is 0.0470. The van der Waals surface area contributed by atoms with Crippen LogP contribution < -0.4 is 15.4 Å². The first-order chi connectivity index (χ1) is 11.5. The van der Waals surface area contributed by atoms with Crippen molar-refractivity contribution in [1.29, 1.82) is 0 Å². The number of esters is 1. The Morgan fingerprint density at radius 1 is 1.29 bits per heavy atom. The first kappa shape index (κ1) is 15.8. The second-order valence-corrected chi connectivity index (χ2v) is 5.23. The van der Waals surface area contributed by atoms with Crippen LogP contribution in [0.2, 0.25) is 0 Å². The molecule has 0 spiro atoms. The number of nitrogens with zero attached hydrogens (tertiary/aromatic N) is 1. The van der Waals surface area contributed by atoms with Gasteiger partial charge in [-0.2, -0.15) is 0 Å². The van der Waals surface area contributed by atoms with Crippen LogP contribution in [0.4, 0.5) is 10.5 Å². The van der Waals surface area contributed by atoms with Crippen LogP contribution in [0.25, 0.3) is 0 Å². The second-order valence-electron chi connectivity index (χ2n) is 5.23. The molecule has 4 amide bonds. The van der Waals surface area contributed by atoms with Crippen molar-refractivity contribution >= 4 is 29.5 Å². The molecule has 1 aromatic carbocycles. The molecule has 2 N–H and O–H groups in total. The highest BCUT2D eigenvalue weighted by Crippen LogP contribution is 2.29. The molecule has 9 nitrogen and oxygen atoms in total. The molecule has 1 fully saturated rings. The Balaban J connectivity index is 1.51. The largest absolute Gasteiger partial charge is 0.478 e. The monoisotopic (exact) mass is 333 g/mol. The maximum absolute atomic E-state index is 11.9. The van der Waals surface area contributed by atoms with E-state index in [0.29, 0.717) is 18.0 Å². The highest BCUT2D eigenvalue weighted by Gasteiger charge is 2.31. The smallest absolute Gasteiger partial charge is 0.324 e. The minimum absolute atomic E-state index is 0.236. The Labute approximate surface area is 136 Å². The molecule has 3 rings (SSSR count). The lowest BCUT2D eigenvalue weighted by Crippen LogP contribution is -2.40. The Kier molecular flexibility index (Phi) is 4.32. The number of rotatable bonds is 4. The lowest BCUT2D eigenvalue weighted by atomic mass is 10.1. The average Bonchev–Trinajstić information content (AvgIpc) is 2.99. The summed E-state index contributed by atoms with van der Waals surface area (Å²) in [6, 6.07) is 6.33. The SMILES string of the molecule is O=C(CC1Oc2ccccc2NC1=O)OCC(=O)N1CCNC1=O. The van der Waals surface area contributed by atoms with E-state index in [9.17, 15) is 19.2 Å². The van der Waals surface area contributed by atoms with Crippen molar-refractivity contribution in [2.45, 2.75) is 12.5 Å². The first-order valence-electron chi connectivity index (χ1n) is 7.35. The number of nitrogens with one attached hydrogen (secondary N) is 2. The number of para-hydroxylation sites is 2.